The number of carbonyl (C=O) groups excluding carboxylic acids is 2. The molecule has 6 nitrogen and oxygen atoms in total. The number of anilines is 1. The van der Waals surface area contributed by atoms with Gasteiger partial charge in [0.15, 0.2) is 0 Å². The minimum atomic E-state index is -0.226. The van der Waals surface area contributed by atoms with Crippen LogP contribution in [0.4, 0.5) is 5.82 Å². The van der Waals surface area contributed by atoms with Crippen molar-refractivity contribution in [3.05, 3.63) is 42.1 Å². The Morgan fingerprint density at radius 1 is 1.18 bits per heavy atom. The molecule has 0 fully saturated rings. The van der Waals surface area contributed by atoms with Crippen molar-refractivity contribution in [2.75, 3.05) is 11.9 Å². The highest BCUT2D eigenvalue weighted by atomic mass is 16.2. The smallest absolute Gasteiger partial charge is 0.245 e. The lowest BCUT2D eigenvalue weighted by atomic mass is 9.92. The molecule has 152 valence electrons. The Balaban J connectivity index is 2.28. The highest BCUT2D eigenvalue weighted by molar-refractivity contribution is 5.94. The molecule has 0 radical (unpaired) electrons. The van der Waals surface area contributed by atoms with Crippen LogP contribution in [0.3, 0.4) is 0 Å². The first-order valence-electron chi connectivity index (χ1n) is 9.88. The number of rotatable bonds is 7. The van der Waals surface area contributed by atoms with Crippen molar-refractivity contribution in [1.82, 2.24) is 14.7 Å². The fourth-order valence-electron chi connectivity index (χ4n) is 2.86. The lowest BCUT2D eigenvalue weighted by Gasteiger charge is -2.26. The summed E-state index contributed by atoms with van der Waals surface area (Å²) in [4.78, 5) is 26.7. The number of hydrogen-bond donors (Lipinski definition) is 1. The van der Waals surface area contributed by atoms with E-state index in [-0.39, 0.29) is 29.8 Å². The van der Waals surface area contributed by atoms with Crippen LogP contribution in [0.15, 0.2) is 36.4 Å². The van der Waals surface area contributed by atoms with Gasteiger partial charge in [0.05, 0.1) is 11.4 Å². The van der Waals surface area contributed by atoms with Crippen LogP contribution in [0.1, 0.15) is 60.1 Å². The molecule has 1 N–H and O–H groups in total. The molecule has 1 heterocycles. The first-order valence-corrected chi connectivity index (χ1v) is 9.88. The van der Waals surface area contributed by atoms with E-state index < -0.39 is 0 Å². The zero-order chi connectivity index (χ0) is 20.9. The van der Waals surface area contributed by atoms with Crippen molar-refractivity contribution >= 4 is 17.6 Å². The maximum absolute atomic E-state index is 12.7. The molecule has 2 rings (SSSR count). The third-order valence-corrected chi connectivity index (χ3v) is 4.47. The van der Waals surface area contributed by atoms with Crippen molar-refractivity contribution in [3.63, 3.8) is 0 Å². The zero-order valence-corrected chi connectivity index (χ0v) is 17.8. The number of benzene rings is 1. The molecule has 0 spiro atoms. The molecular weight excluding hydrogens is 352 g/mol. The third kappa shape index (κ3) is 5.44. The number of nitrogens with zero attached hydrogens (tertiary/aromatic N) is 3. The number of hydrogen-bond acceptors (Lipinski definition) is 3. The quantitative estimate of drug-likeness (QED) is 0.780. The van der Waals surface area contributed by atoms with E-state index >= 15 is 0 Å². The second-order valence-corrected chi connectivity index (χ2v) is 8.33. The molecule has 28 heavy (non-hydrogen) atoms. The summed E-state index contributed by atoms with van der Waals surface area (Å²) in [5.74, 6) is 0.378. The average molecular weight is 385 g/mol. The molecule has 1 aromatic heterocycles. The predicted octanol–water partition coefficient (Wildman–Crippen LogP) is 4.15. The van der Waals surface area contributed by atoms with Crippen LogP contribution in [-0.4, -0.2) is 39.1 Å². The van der Waals surface area contributed by atoms with Gasteiger partial charge in [0.25, 0.3) is 0 Å². The van der Waals surface area contributed by atoms with Crippen molar-refractivity contribution in [2.45, 2.75) is 65.8 Å². The molecule has 0 bridgehead atoms. The first-order chi connectivity index (χ1) is 13.1. The van der Waals surface area contributed by atoms with Gasteiger partial charge in [-0.3, -0.25) is 9.59 Å². The van der Waals surface area contributed by atoms with Gasteiger partial charge in [-0.25, -0.2) is 4.68 Å². The zero-order valence-electron chi connectivity index (χ0n) is 17.8. The van der Waals surface area contributed by atoms with E-state index in [0.29, 0.717) is 12.2 Å². The summed E-state index contributed by atoms with van der Waals surface area (Å²) < 4.78 is 1.74. The SMILES string of the molecule is CCCC(=O)N(CC(=O)Nc1cc(C(C)(C)C)nn1-c1ccccc1)C(C)C. The Labute approximate surface area is 167 Å². The highest BCUT2D eigenvalue weighted by Crippen LogP contribution is 2.26. The Bertz CT molecular complexity index is 804. The second kappa shape index (κ2) is 9.04. The molecule has 0 saturated carbocycles. The molecule has 2 amide bonds. The molecule has 0 unspecified atom stereocenters. The Kier molecular flexibility index (Phi) is 7.00. The lowest BCUT2D eigenvalue weighted by molar-refractivity contribution is -0.136. The van der Waals surface area contributed by atoms with Crippen molar-refractivity contribution in [3.8, 4) is 5.69 Å². The highest BCUT2D eigenvalue weighted by Gasteiger charge is 2.23. The van der Waals surface area contributed by atoms with Crippen LogP contribution in [0, 0.1) is 0 Å². The first kappa shape index (κ1) is 21.7. The van der Waals surface area contributed by atoms with Crippen molar-refractivity contribution in [2.24, 2.45) is 0 Å². The second-order valence-electron chi connectivity index (χ2n) is 8.33. The molecular formula is C22H32N4O2. The Morgan fingerprint density at radius 2 is 1.82 bits per heavy atom. The summed E-state index contributed by atoms with van der Waals surface area (Å²) in [6.07, 6.45) is 1.21. The van der Waals surface area contributed by atoms with Crippen LogP contribution >= 0.6 is 0 Å². The van der Waals surface area contributed by atoms with E-state index in [0.717, 1.165) is 17.8 Å². The Hall–Kier alpha value is -2.63. The van der Waals surface area contributed by atoms with E-state index in [1.807, 2.05) is 57.2 Å². The van der Waals surface area contributed by atoms with Gasteiger partial charge in [0.1, 0.15) is 12.4 Å². The number of aromatic nitrogens is 2. The maximum Gasteiger partial charge on any atom is 0.245 e. The normalized spacial score (nSPS) is 11.5. The molecule has 0 aliphatic carbocycles. The van der Waals surface area contributed by atoms with Crippen molar-refractivity contribution < 1.29 is 9.59 Å². The van der Waals surface area contributed by atoms with Crippen LogP contribution < -0.4 is 5.32 Å². The number of nitrogens with one attached hydrogen (secondary N) is 1. The Morgan fingerprint density at radius 3 is 2.36 bits per heavy atom. The number of para-hydroxylation sites is 1. The van der Waals surface area contributed by atoms with Gasteiger partial charge in [-0.15, -0.1) is 0 Å². The van der Waals surface area contributed by atoms with Gasteiger partial charge >= 0.3 is 0 Å². The minimum absolute atomic E-state index is 0.000373. The van der Waals surface area contributed by atoms with Gasteiger partial charge in [0.2, 0.25) is 11.8 Å². The molecule has 6 heteroatoms. The summed E-state index contributed by atoms with van der Waals surface area (Å²) in [5, 5.41) is 7.66. The predicted molar refractivity (Wildman–Crippen MR) is 113 cm³/mol. The van der Waals surface area contributed by atoms with Crippen LogP contribution in [0.2, 0.25) is 0 Å². The lowest BCUT2D eigenvalue weighted by Crippen LogP contribution is -2.42. The van der Waals surface area contributed by atoms with Crippen molar-refractivity contribution in [1.29, 1.82) is 0 Å². The minimum Gasteiger partial charge on any atom is -0.331 e. The molecule has 0 atom stereocenters. The van der Waals surface area contributed by atoms with E-state index in [1.54, 1.807) is 9.58 Å². The molecule has 0 aliphatic rings. The third-order valence-electron chi connectivity index (χ3n) is 4.47. The largest absolute Gasteiger partial charge is 0.331 e. The fraction of sp³-hybridized carbons (Fsp3) is 0.500. The van der Waals surface area contributed by atoms with E-state index in [2.05, 4.69) is 26.1 Å². The van der Waals surface area contributed by atoms with Gasteiger partial charge in [-0.05, 0) is 32.4 Å². The standard InChI is InChI=1S/C22H32N4O2/c1-7-11-21(28)25(16(2)3)15-20(27)23-19-14-18(22(4,5)6)24-26(19)17-12-9-8-10-13-17/h8-10,12-14,16H,7,11,15H2,1-6H3,(H,23,27). The fourth-order valence-corrected chi connectivity index (χ4v) is 2.86. The topological polar surface area (TPSA) is 67.2 Å². The summed E-state index contributed by atoms with van der Waals surface area (Å²) in [6, 6.07) is 11.6. The maximum atomic E-state index is 12.7. The molecule has 2 aromatic rings. The summed E-state index contributed by atoms with van der Waals surface area (Å²) in [5.41, 5.74) is 1.60. The van der Waals surface area contributed by atoms with Crippen LogP contribution in [0.25, 0.3) is 5.69 Å². The molecule has 1 aromatic carbocycles. The van der Waals surface area contributed by atoms with Crippen LogP contribution in [0.5, 0.6) is 0 Å². The molecule has 0 aliphatic heterocycles. The van der Waals surface area contributed by atoms with Gasteiger partial charge in [-0.2, -0.15) is 5.10 Å². The summed E-state index contributed by atoms with van der Waals surface area (Å²) in [7, 11) is 0. The summed E-state index contributed by atoms with van der Waals surface area (Å²) >= 11 is 0. The number of amides is 2. The molecule has 0 saturated heterocycles. The average Bonchev–Trinajstić information content (AvgIpc) is 3.04. The van der Waals surface area contributed by atoms with E-state index in [4.69, 9.17) is 5.10 Å². The summed E-state index contributed by atoms with van der Waals surface area (Å²) in [6.45, 7) is 12.1. The van der Waals surface area contributed by atoms with Gasteiger partial charge in [-0.1, -0.05) is 45.9 Å². The number of carbonyl (C=O) groups is 2. The van der Waals surface area contributed by atoms with Crippen LogP contribution in [-0.2, 0) is 15.0 Å². The van der Waals surface area contributed by atoms with E-state index in [9.17, 15) is 9.59 Å². The van der Waals surface area contributed by atoms with Gasteiger partial charge in [0, 0.05) is 23.9 Å². The monoisotopic (exact) mass is 384 g/mol. The van der Waals surface area contributed by atoms with Gasteiger partial charge < -0.3 is 10.2 Å². The van der Waals surface area contributed by atoms with E-state index in [1.165, 1.54) is 0 Å².